The van der Waals surface area contributed by atoms with E-state index < -0.39 is 0 Å². The summed E-state index contributed by atoms with van der Waals surface area (Å²) in [6.45, 7) is 13.8. The lowest BCUT2D eigenvalue weighted by atomic mass is 10.1. The maximum atomic E-state index is 13.4. The zero-order valence-corrected chi connectivity index (χ0v) is 21.8. The maximum absolute atomic E-state index is 13.4. The van der Waals surface area contributed by atoms with Crippen LogP contribution < -0.4 is 0 Å². The fourth-order valence-corrected chi connectivity index (χ4v) is 4.62. The summed E-state index contributed by atoms with van der Waals surface area (Å²) in [5.41, 5.74) is 2.74. The van der Waals surface area contributed by atoms with Gasteiger partial charge in [0, 0.05) is 37.0 Å². The number of halogens is 1. The van der Waals surface area contributed by atoms with Gasteiger partial charge in [-0.2, -0.15) is 5.10 Å². The minimum absolute atomic E-state index is 0.120. The number of pyridine rings is 1. The van der Waals surface area contributed by atoms with Crippen molar-refractivity contribution in [2.75, 3.05) is 32.7 Å². The summed E-state index contributed by atoms with van der Waals surface area (Å²) in [7, 11) is 0. The zero-order valence-electron chi connectivity index (χ0n) is 20.2. The van der Waals surface area contributed by atoms with Crippen molar-refractivity contribution in [3.8, 4) is 0 Å². The molecule has 32 heavy (non-hydrogen) atoms. The Hall–Kier alpha value is -1.66. The molecule has 3 heterocycles. The number of carbonyl (C=O) groups excluding carboxylic acids is 1. The lowest BCUT2D eigenvalue weighted by molar-refractivity contribution is 0.0741. The van der Waals surface area contributed by atoms with Gasteiger partial charge < -0.3 is 4.90 Å². The van der Waals surface area contributed by atoms with Gasteiger partial charge in [0.05, 0.1) is 5.52 Å². The van der Waals surface area contributed by atoms with Crippen LogP contribution in [0.5, 0.6) is 0 Å². The predicted octanol–water partition coefficient (Wildman–Crippen LogP) is 6.13. The fraction of sp³-hybridized carbons (Fsp3) is 0.615. The second-order valence-electron chi connectivity index (χ2n) is 9.87. The summed E-state index contributed by atoms with van der Waals surface area (Å²) >= 11 is 3.62. The van der Waals surface area contributed by atoms with Crippen LogP contribution in [0.1, 0.15) is 75.7 Å². The maximum Gasteiger partial charge on any atom is 0.253 e. The summed E-state index contributed by atoms with van der Waals surface area (Å²) < 4.78 is 2.67. The summed E-state index contributed by atoms with van der Waals surface area (Å²) in [4.78, 5) is 17.9. The molecule has 0 radical (unpaired) electrons. The molecule has 1 aliphatic heterocycles. The van der Waals surface area contributed by atoms with Gasteiger partial charge in [-0.25, -0.2) is 4.52 Å². The normalized spacial score (nSPS) is 15.5. The molecule has 1 fully saturated rings. The standard InChI is InChI=1S/C26H39BrN4O/c1-20(2)10-16-30(17-11-21(3)4)26(32)22-12-18-31-24(19-22)23(25(27)28-31)9-8-15-29-13-6-5-7-14-29/h8-9,12,18-21H,5-7,10-11,13-17H2,1-4H3. The quantitative estimate of drug-likeness (QED) is 0.392. The second-order valence-corrected chi connectivity index (χ2v) is 10.6. The number of aromatic nitrogens is 2. The molecule has 0 aromatic carbocycles. The van der Waals surface area contributed by atoms with E-state index in [-0.39, 0.29) is 5.91 Å². The minimum atomic E-state index is 0.120. The van der Waals surface area contributed by atoms with E-state index in [1.807, 2.05) is 27.7 Å². The third-order valence-electron chi connectivity index (χ3n) is 6.21. The average Bonchev–Trinajstić information content (AvgIpc) is 3.08. The summed E-state index contributed by atoms with van der Waals surface area (Å²) in [6.07, 6.45) is 12.3. The van der Waals surface area contributed by atoms with Crippen LogP contribution in [-0.4, -0.2) is 58.0 Å². The Morgan fingerprint density at radius 3 is 2.41 bits per heavy atom. The predicted molar refractivity (Wildman–Crippen MR) is 137 cm³/mol. The van der Waals surface area contributed by atoms with E-state index in [4.69, 9.17) is 0 Å². The molecule has 5 nitrogen and oxygen atoms in total. The molecule has 2 aromatic rings. The van der Waals surface area contributed by atoms with Crippen LogP contribution in [0, 0.1) is 11.8 Å². The van der Waals surface area contributed by atoms with Crippen LogP contribution in [0.15, 0.2) is 29.0 Å². The Kier molecular flexibility index (Phi) is 9.35. The number of carbonyl (C=O) groups is 1. The largest absolute Gasteiger partial charge is 0.339 e. The van der Waals surface area contributed by atoms with Crippen molar-refractivity contribution in [3.63, 3.8) is 0 Å². The Morgan fingerprint density at radius 1 is 1.12 bits per heavy atom. The molecular weight excluding hydrogens is 464 g/mol. The van der Waals surface area contributed by atoms with Crippen molar-refractivity contribution in [2.45, 2.75) is 59.8 Å². The molecule has 0 bridgehead atoms. The van der Waals surface area contributed by atoms with Crippen LogP contribution >= 0.6 is 15.9 Å². The molecule has 0 aliphatic carbocycles. The molecule has 2 aromatic heterocycles. The first kappa shape index (κ1) is 25.0. The van der Waals surface area contributed by atoms with Crippen LogP contribution in [0.25, 0.3) is 11.6 Å². The molecule has 176 valence electrons. The van der Waals surface area contributed by atoms with Crippen molar-refractivity contribution in [1.29, 1.82) is 0 Å². The molecular formula is C26H39BrN4O. The van der Waals surface area contributed by atoms with Crippen LogP contribution in [0.4, 0.5) is 0 Å². The average molecular weight is 504 g/mol. The van der Waals surface area contributed by atoms with Crippen molar-refractivity contribution in [3.05, 3.63) is 40.1 Å². The van der Waals surface area contributed by atoms with Crippen LogP contribution in [0.2, 0.25) is 0 Å². The summed E-state index contributed by atoms with van der Waals surface area (Å²) in [5, 5.41) is 4.59. The molecule has 3 rings (SSSR count). The molecule has 0 spiro atoms. The number of hydrogen-bond acceptors (Lipinski definition) is 3. The first-order valence-electron chi connectivity index (χ1n) is 12.2. The Balaban J connectivity index is 1.79. The second kappa shape index (κ2) is 12.0. The molecule has 1 amide bonds. The van der Waals surface area contributed by atoms with Crippen molar-refractivity contribution >= 4 is 33.4 Å². The highest BCUT2D eigenvalue weighted by atomic mass is 79.9. The zero-order chi connectivity index (χ0) is 23.1. The van der Waals surface area contributed by atoms with Crippen molar-refractivity contribution < 1.29 is 4.79 Å². The number of fused-ring (bicyclic) bond motifs is 1. The number of likely N-dealkylation sites (tertiary alicyclic amines) is 1. The topological polar surface area (TPSA) is 40.9 Å². The highest BCUT2D eigenvalue weighted by Crippen LogP contribution is 2.24. The van der Waals surface area contributed by atoms with Gasteiger partial charge >= 0.3 is 0 Å². The van der Waals surface area contributed by atoms with Gasteiger partial charge in [0.15, 0.2) is 0 Å². The van der Waals surface area contributed by atoms with E-state index in [0.717, 1.165) is 53.7 Å². The smallest absolute Gasteiger partial charge is 0.253 e. The summed E-state index contributed by atoms with van der Waals surface area (Å²) in [5.74, 6) is 1.28. The number of hydrogen-bond donors (Lipinski definition) is 0. The Morgan fingerprint density at radius 2 is 1.78 bits per heavy atom. The van der Waals surface area contributed by atoms with Gasteiger partial charge in [-0.15, -0.1) is 0 Å². The van der Waals surface area contributed by atoms with E-state index in [1.54, 1.807) is 0 Å². The third-order valence-corrected chi connectivity index (χ3v) is 6.80. The van der Waals surface area contributed by atoms with E-state index >= 15 is 0 Å². The van der Waals surface area contributed by atoms with Gasteiger partial charge in [0.25, 0.3) is 5.91 Å². The highest BCUT2D eigenvalue weighted by Gasteiger charge is 2.18. The molecule has 6 heteroatoms. The van der Waals surface area contributed by atoms with Gasteiger partial charge in [0.2, 0.25) is 0 Å². The first-order valence-corrected chi connectivity index (χ1v) is 13.0. The Labute approximate surface area is 202 Å². The molecule has 0 saturated carbocycles. The minimum Gasteiger partial charge on any atom is -0.339 e. The number of piperidine rings is 1. The molecule has 0 N–H and O–H groups in total. The lowest BCUT2D eigenvalue weighted by Gasteiger charge is -2.25. The van der Waals surface area contributed by atoms with E-state index in [9.17, 15) is 4.79 Å². The Bertz CT molecular complexity index is 900. The number of nitrogens with zero attached hydrogens (tertiary/aromatic N) is 4. The van der Waals surface area contributed by atoms with E-state index in [1.165, 1.54) is 32.4 Å². The summed E-state index contributed by atoms with van der Waals surface area (Å²) in [6, 6.07) is 3.89. The number of amides is 1. The van der Waals surface area contributed by atoms with Crippen molar-refractivity contribution in [2.24, 2.45) is 11.8 Å². The van der Waals surface area contributed by atoms with Crippen LogP contribution in [-0.2, 0) is 0 Å². The number of rotatable bonds is 10. The molecule has 1 aliphatic rings. The SMILES string of the molecule is CC(C)CCN(CCC(C)C)C(=O)c1ccn2nc(Br)c(C=CCN3CCCCC3)c2c1. The monoisotopic (exact) mass is 502 g/mol. The van der Waals surface area contributed by atoms with Crippen molar-refractivity contribution in [1.82, 2.24) is 19.4 Å². The lowest BCUT2D eigenvalue weighted by Crippen LogP contribution is -2.34. The van der Waals surface area contributed by atoms with E-state index in [0.29, 0.717) is 11.8 Å². The van der Waals surface area contributed by atoms with Gasteiger partial charge in [-0.1, -0.05) is 46.3 Å². The fourth-order valence-electron chi connectivity index (χ4n) is 4.11. The van der Waals surface area contributed by atoms with Gasteiger partial charge in [0.1, 0.15) is 4.60 Å². The van der Waals surface area contributed by atoms with E-state index in [2.05, 4.69) is 65.8 Å². The molecule has 0 atom stereocenters. The highest BCUT2D eigenvalue weighted by molar-refractivity contribution is 9.10. The third kappa shape index (κ3) is 6.92. The van der Waals surface area contributed by atoms with Gasteiger partial charge in [-0.05, 0) is 78.7 Å². The van der Waals surface area contributed by atoms with Crippen LogP contribution in [0.3, 0.4) is 0 Å². The molecule has 0 unspecified atom stereocenters. The first-order chi connectivity index (χ1) is 15.3. The van der Waals surface area contributed by atoms with Gasteiger partial charge in [-0.3, -0.25) is 9.69 Å². The molecule has 1 saturated heterocycles.